The van der Waals surface area contributed by atoms with Crippen molar-refractivity contribution >= 4 is 34.0 Å². The summed E-state index contributed by atoms with van der Waals surface area (Å²) < 4.78 is 40.8. The van der Waals surface area contributed by atoms with Crippen molar-refractivity contribution < 1.29 is 22.7 Å². The van der Waals surface area contributed by atoms with Crippen molar-refractivity contribution in [3.63, 3.8) is 0 Å². The molecule has 0 fully saturated rings. The zero-order chi connectivity index (χ0) is 17.0. The number of alkyl halides is 3. The number of ether oxygens (including phenoxy) is 1. The van der Waals surface area contributed by atoms with Gasteiger partial charge in [0.05, 0.1) is 0 Å². The molecule has 0 radical (unpaired) electrons. The van der Waals surface area contributed by atoms with Gasteiger partial charge < -0.3 is 10.5 Å². The Bertz CT molecular complexity index is 740. The highest BCUT2D eigenvalue weighted by Crippen LogP contribution is 2.24. The number of nitrogens with two attached hydrogens (primary N) is 1. The maximum Gasteiger partial charge on any atom is 0.573 e. The minimum absolute atomic E-state index is 0.286. The lowest BCUT2D eigenvalue weighted by molar-refractivity contribution is -0.274. The van der Waals surface area contributed by atoms with Crippen LogP contribution in [0.15, 0.2) is 46.9 Å². The summed E-state index contributed by atoms with van der Waals surface area (Å²) in [7, 11) is 0. The number of hydrogen-bond acceptors (Lipinski definition) is 2. The van der Waals surface area contributed by atoms with Crippen LogP contribution >= 0.6 is 15.9 Å². The van der Waals surface area contributed by atoms with Crippen LogP contribution in [0, 0.1) is 0 Å². The summed E-state index contributed by atoms with van der Waals surface area (Å²) in [4.78, 5) is 11.2. The Hall–Kier alpha value is -2.28. The van der Waals surface area contributed by atoms with E-state index >= 15 is 0 Å². The first-order chi connectivity index (χ1) is 10.7. The van der Waals surface area contributed by atoms with Gasteiger partial charge in [-0.15, -0.1) is 13.2 Å². The maximum atomic E-state index is 12.1. The smallest absolute Gasteiger partial charge is 0.406 e. The van der Waals surface area contributed by atoms with Crippen molar-refractivity contribution in [2.24, 2.45) is 5.73 Å². The third kappa shape index (κ3) is 5.14. The number of halogens is 4. The number of hydrogen-bond donors (Lipinski definition) is 1. The molecule has 0 bridgehead atoms. The zero-order valence-electron chi connectivity index (χ0n) is 11.6. The van der Waals surface area contributed by atoms with Gasteiger partial charge in [0, 0.05) is 10.0 Å². The Labute approximate surface area is 138 Å². The Morgan fingerprint density at radius 1 is 1.09 bits per heavy atom. The fourth-order valence-electron chi connectivity index (χ4n) is 1.79. The van der Waals surface area contributed by atoms with Crippen LogP contribution in [0.2, 0.25) is 0 Å². The lowest BCUT2D eigenvalue weighted by Crippen LogP contribution is -2.16. The molecular formula is C16H11BrF3NO2. The zero-order valence-corrected chi connectivity index (χ0v) is 13.2. The lowest BCUT2D eigenvalue weighted by atomic mass is 10.1. The van der Waals surface area contributed by atoms with Gasteiger partial charge in [0.2, 0.25) is 5.91 Å². The first-order valence-corrected chi connectivity index (χ1v) is 7.17. The predicted molar refractivity (Wildman–Crippen MR) is 84.7 cm³/mol. The van der Waals surface area contributed by atoms with Crippen molar-refractivity contribution in [2.75, 3.05) is 0 Å². The fourth-order valence-corrected chi connectivity index (χ4v) is 2.17. The summed E-state index contributed by atoms with van der Waals surface area (Å²) in [6, 6.07) is 10.3. The van der Waals surface area contributed by atoms with Crippen LogP contribution in [0.5, 0.6) is 5.75 Å². The van der Waals surface area contributed by atoms with Crippen molar-refractivity contribution in [3.05, 3.63) is 63.6 Å². The van der Waals surface area contributed by atoms with E-state index in [1.54, 1.807) is 30.4 Å². The van der Waals surface area contributed by atoms with E-state index in [2.05, 4.69) is 20.7 Å². The summed E-state index contributed by atoms with van der Waals surface area (Å²) in [5.74, 6) is -0.827. The molecular weight excluding hydrogens is 375 g/mol. The van der Waals surface area contributed by atoms with E-state index in [1.165, 1.54) is 24.3 Å². The molecule has 0 spiro atoms. The van der Waals surface area contributed by atoms with Crippen molar-refractivity contribution in [3.8, 4) is 5.75 Å². The Morgan fingerprint density at radius 2 is 1.74 bits per heavy atom. The number of carbonyl (C=O) groups is 1. The highest BCUT2D eigenvalue weighted by Gasteiger charge is 2.30. The van der Waals surface area contributed by atoms with Gasteiger partial charge in [0.25, 0.3) is 0 Å². The van der Waals surface area contributed by atoms with Crippen LogP contribution in [0.25, 0.3) is 12.2 Å². The molecule has 0 saturated carbocycles. The van der Waals surface area contributed by atoms with Gasteiger partial charge >= 0.3 is 6.36 Å². The molecule has 0 unspecified atom stereocenters. The first-order valence-electron chi connectivity index (χ1n) is 6.38. The number of rotatable bonds is 4. The standard InChI is InChI=1S/C16H11BrF3NO2/c17-14-8-5-12(15(21)22)9-11(14)4-1-10-2-6-13(7-3-10)23-16(18,19)20/h1-9H,(H2,21,22)/b4-1+. The van der Waals surface area contributed by atoms with Gasteiger partial charge in [-0.3, -0.25) is 4.79 Å². The minimum atomic E-state index is -4.71. The van der Waals surface area contributed by atoms with E-state index in [4.69, 9.17) is 5.73 Å². The molecule has 2 aromatic carbocycles. The molecule has 120 valence electrons. The third-order valence-corrected chi connectivity index (χ3v) is 3.57. The van der Waals surface area contributed by atoms with Crippen molar-refractivity contribution in [1.82, 2.24) is 0 Å². The highest BCUT2D eigenvalue weighted by atomic mass is 79.9. The molecule has 2 rings (SSSR count). The third-order valence-electron chi connectivity index (χ3n) is 2.85. The topological polar surface area (TPSA) is 52.3 Å². The number of carbonyl (C=O) groups excluding carboxylic acids is 1. The molecule has 0 aliphatic rings. The summed E-state index contributed by atoms with van der Waals surface area (Å²) >= 11 is 3.35. The largest absolute Gasteiger partial charge is 0.573 e. The van der Waals surface area contributed by atoms with Gasteiger partial charge in [-0.1, -0.05) is 40.2 Å². The van der Waals surface area contributed by atoms with Gasteiger partial charge in [-0.25, -0.2) is 0 Å². The van der Waals surface area contributed by atoms with Gasteiger partial charge in [-0.05, 0) is 41.5 Å². The van der Waals surface area contributed by atoms with Crippen LogP contribution in [-0.4, -0.2) is 12.3 Å². The normalized spacial score (nSPS) is 11.7. The lowest BCUT2D eigenvalue weighted by Gasteiger charge is -2.08. The maximum absolute atomic E-state index is 12.1. The van der Waals surface area contributed by atoms with Gasteiger partial charge in [-0.2, -0.15) is 0 Å². The van der Waals surface area contributed by atoms with E-state index in [0.717, 1.165) is 10.0 Å². The molecule has 1 amide bonds. The van der Waals surface area contributed by atoms with E-state index in [-0.39, 0.29) is 5.75 Å². The fraction of sp³-hybridized carbons (Fsp3) is 0.0625. The molecule has 0 heterocycles. The van der Waals surface area contributed by atoms with Crippen LogP contribution in [0.4, 0.5) is 13.2 Å². The summed E-state index contributed by atoms with van der Waals surface area (Å²) in [6.45, 7) is 0. The van der Waals surface area contributed by atoms with Crippen LogP contribution in [-0.2, 0) is 0 Å². The molecule has 0 aliphatic carbocycles. The van der Waals surface area contributed by atoms with Gasteiger partial charge in [0.15, 0.2) is 0 Å². The summed E-state index contributed by atoms with van der Waals surface area (Å²) in [6.07, 6.45) is -1.30. The molecule has 3 nitrogen and oxygen atoms in total. The molecule has 0 saturated heterocycles. The van der Waals surface area contributed by atoms with Gasteiger partial charge in [0.1, 0.15) is 5.75 Å². The Morgan fingerprint density at radius 3 is 2.30 bits per heavy atom. The molecule has 0 aliphatic heterocycles. The summed E-state index contributed by atoms with van der Waals surface area (Å²) in [5, 5.41) is 0. The molecule has 0 aromatic heterocycles. The second-order valence-corrected chi connectivity index (χ2v) is 5.41. The van der Waals surface area contributed by atoms with Crippen molar-refractivity contribution in [2.45, 2.75) is 6.36 Å². The second kappa shape index (κ2) is 6.87. The molecule has 0 atom stereocenters. The Kier molecular flexibility index (Phi) is 5.10. The van der Waals surface area contributed by atoms with Crippen LogP contribution in [0.3, 0.4) is 0 Å². The molecule has 2 N–H and O–H groups in total. The minimum Gasteiger partial charge on any atom is -0.406 e. The number of amides is 1. The highest BCUT2D eigenvalue weighted by molar-refractivity contribution is 9.10. The average molecular weight is 386 g/mol. The average Bonchev–Trinajstić information content (AvgIpc) is 2.46. The van der Waals surface area contributed by atoms with E-state index < -0.39 is 12.3 Å². The molecule has 23 heavy (non-hydrogen) atoms. The SMILES string of the molecule is NC(=O)c1ccc(Br)c(/C=C/c2ccc(OC(F)(F)F)cc2)c1. The number of primary amides is 1. The quantitative estimate of drug-likeness (QED) is 0.780. The van der Waals surface area contributed by atoms with Crippen LogP contribution < -0.4 is 10.5 Å². The monoisotopic (exact) mass is 385 g/mol. The van der Waals surface area contributed by atoms with E-state index in [1.807, 2.05) is 0 Å². The first kappa shape index (κ1) is 17.1. The van der Waals surface area contributed by atoms with E-state index in [9.17, 15) is 18.0 Å². The predicted octanol–water partition coefficient (Wildman–Crippen LogP) is 4.62. The van der Waals surface area contributed by atoms with Crippen LogP contribution in [0.1, 0.15) is 21.5 Å². The molecule has 7 heteroatoms. The molecule has 2 aromatic rings. The second-order valence-electron chi connectivity index (χ2n) is 4.55. The summed E-state index contributed by atoms with van der Waals surface area (Å²) in [5.41, 5.74) is 6.98. The number of benzene rings is 2. The van der Waals surface area contributed by atoms with E-state index in [0.29, 0.717) is 11.1 Å². The Balaban J connectivity index is 2.17. The van der Waals surface area contributed by atoms with Crippen molar-refractivity contribution in [1.29, 1.82) is 0 Å².